The molecule has 1 aromatic rings. The zero-order valence-electron chi connectivity index (χ0n) is 14.5. The Kier molecular flexibility index (Phi) is 4.19. The van der Waals surface area contributed by atoms with Gasteiger partial charge in [0.2, 0.25) is 0 Å². The largest absolute Gasteiger partial charge is 0.368 e. The van der Waals surface area contributed by atoms with E-state index < -0.39 is 0 Å². The molecule has 3 heterocycles. The van der Waals surface area contributed by atoms with Crippen molar-refractivity contribution in [3.05, 3.63) is 30.1 Å². The molecule has 1 N–H and O–H groups in total. The summed E-state index contributed by atoms with van der Waals surface area (Å²) in [6.45, 7) is 10.1. The van der Waals surface area contributed by atoms with Crippen molar-refractivity contribution in [1.82, 2.24) is 15.2 Å². The van der Waals surface area contributed by atoms with Gasteiger partial charge in [0, 0.05) is 37.6 Å². The van der Waals surface area contributed by atoms with E-state index in [9.17, 15) is 4.79 Å². The number of likely N-dealkylation sites (tertiary alicyclic amines) is 1. The molecule has 2 saturated heterocycles. The molecular weight excluding hydrogens is 290 g/mol. The highest BCUT2D eigenvalue weighted by molar-refractivity contribution is 5.94. The molecule has 1 amide bonds. The standard InChI is InChI=1S/C18H27N3O2/c1-17(2)10-15(18(3,4)23-17)20-14-7-9-21(12-14)16(22)13-6-5-8-19-11-13/h5-6,8,11,14-15,20H,7,9-10,12H2,1-4H3/t14-,15-/m1/s1. The minimum Gasteiger partial charge on any atom is -0.368 e. The molecule has 5 nitrogen and oxygen atoms in total. The quantitative estimate of drug-likeness (QED) is 0.929. The molecule has 2 aliphatic heterocycles. The molecule has 0 radical (unpaired) electrons. The van der Waals surface area contributed by atoms with Crippen LogP contribution in [0.1, 0.15) is 50.9 Å². The fourth-order valence-corrected chi connectivity index (χ4v) is 3.86. The molecule has 0 aromatic carbocycles. The lowest BCUT2D eigenvalue weighted by molar-refractivity contribution is -0.0703. The van der Waals surface area contributed by atoms with E-state index in [4.69, 9.17) is 4.74 Å². The molecule has 3 rings (SSSR count). The average molecular weight is 317 g/mol. The second-order valence-electron chi connectivity index (χ2n) is 7.87. The molecule has 5 heteroatoms. The zero-order valence-corrected chi connectivity index (χ0v) is 14.5. The van der Waals surface area contributed by atoms with Gasteiger partial charge in [-0.3, -0.25) is 9.78 Å². The van der Waals surface area contributed by atoms with E-state index in [1.54, 1.807) is 18.5 Å². The predicted octanol–water partition coefficient (Wildman–Crippen LogP) is 2.23. The van der Waals surface area contributed by atoms with Crippen molar-refractivity contribution in [1.29, 1.82) is 0 Å². The summed E-state index contributed by atoms with van der Waals surface area (Å²) in [7, 11) is 0. The lowest BCUT2D eigenvalue weighted by Crippen LogP contribution is -2.49. The average Bonchev–Trinajstić information content (AvgIpc) is 3.01. The van der Waals surface area contributed by atoms with Gasteiger partial charge in [-0.1, -0.05) is 0 Å². The third-order valence-electron chi connectivity index (χ3n) is 4.90. The Morgan fingerprint density at radius 2 is 2.17 bits per heavy atom. The molecule has 0 bridgehead atoms. The van der Waals surface area contributed by atoms with Gasteiger partial charge in [0.1, 0.15) is 0 Å². The van der Waals surface area contributed by atoms with Gasteiger partial charge >= 0.3 is 0 Å². The van der Waals surface area contributed by atoms with Crippen LogP contribution >= 0.6 is 0 Å². The number of hydrogen-bond acceptors (Lipinski definition) is 4. The monoisotopic (exact) mass is 317 g/mol. The third kappa shape index (κ3) is 3.56. The minimum absolute atomic E-state index is 0.0738. The SMILES string of the molecule is CC1(C)C[C@@H](N[C@@H]2CCN(C(=O)c3cccnc3)C2)C(C)(C)O1. The second kappa shape index (κ2) is 5.87. The Labute approximate surface area is 138 Å². The van der Waals surface area contributed by atoms with E-state index in [-0.39, 0.29) is 17.1 Å². The molecule has 2 atom stereocenters. The number of rotatable bonds is 3. The molecule has 0 spiro atoms. The zero-order chi connectivity index (χ0) is 16.7. The molecule has 0 unspecified atom stereocenters. The highest BCUT2D eigenvalue weighted by Crippen LogP contribution is 2.37. The summed E-state index contributed by atoms with van der Waals surface area (Å²) < 4.78 is 6.15. The molecule has 2 aliphatic rings. The van der Waals surface area contributed by atoms with Crippen LogP contribution in [0.15, 0.2) is 24.5 Å². The molecule has 0 saturated carbocycles. The first-order chi connectivity index (χ1) is 10.8. The fraction of sp³-hybridized carbons (Fsp3) is 0.667. The number of ether oxygens (including phenoxy) is 1. The Hall–Kier alpha value is -1.46. The molecule has 2 fully saturated rings. The fourth-order valence-electron chi connectivity index (χ4n) is 3.86. The normalized spacial score (nSPS) is 29.0. The number of nitrogens with zero attached hydrogens (tertiary/aromatic N) is 2. The van der Waals surface area contributed by atoms with Gasteiger partial charge < -0.3 is 15.0 Å². The highest BCUT2D eigenvalue weighted by atomic mass is 16.5. The van der Waals surface area contributed by atoms with Crippen molar-refractivity contribution in [3.63, 3.8) is 0 Å². The van der Waals surface area contributed by atoms with Crippen LogP contribution in [0.5, 0.6) is 0 Å². The maximum Gasteiger partial charge on any atom is 0.255 e. The molecule has 126 valence electrons. The maximum atomic E-state index is 12.5. The van der Waals surface area contributed by atoms with Crippen LogP contribution in [0.2, 0.25) is 0 Å². The second-order valence-corrected chi connectivity index (χ2v) is 7.87. The van der Waals surface area contributed by atoms with Crippen LogP contribution in [-0.2, 0) is 4.74 Å². The first-order valence-corrected chi connectivity index (χ1v) is 8.42. The lowest BCUT2D eigenvalue weighted by Gasteiger charge is -2.30. The van der Waals surface area contributed by atoms with Crippen LogP contribution in [0.25, 0.3) is 0 Å². The number of pyridine rings is 1. The van der Waals surface area contributed by atoms with E-state index in [2.05, 4.69) is 38.0 Å². The first kappa shape index (κ1) is 16.4. The van der Waals surface area contributed by atoms with Crippen LogP contribution < -0.4 is 5.32 Å². The summed E-state index contributed by atoms with van der Waals surface area (Å²) in [6.07, 6.45) is 5.31. The third-order valence-corrected chi connectivity index (χ3v) is 4.90. The highest BCUT2D eigenvalue weighted by Gasteiger charge is 2.46. The van der Waals surface area contributed by atoms with Crippen molar-refractivity contribution in [3.8, 4) is 0 Å². The van der Waals surface area contributed by atoms with Crippen molar-refractivity contribution in [2.75, 3.05) is 13.1 Å². The molecule has 23 heavy (non-hydrogen) atoms. The lowest BCUT2D eigenvalue weighted by atomic mass is 9.93. The van der Waals surface area contributed by atoms with Gasteiger partial charge in [-0.25, -0.2) is 0 Å². The number of carbonyl (C=O) groups excluding carboxylic acids is 1. The van der Waals surface area contributed by atoms with Gasteiger partial charge in [-0.15, -0.1) is 0 Å². The topological polar surface area (TPSA) is 54.5 Å². The van der Waals surface area contributed by atoms with E-state index in [0.717, 1.165) is 25.9 Å². The Bertz CT molecular complexity index is 571. The Balaban J connectivity index is 1.59. The van der Waals surface area contributed by atoms with E-state index in [1.165, 1.54) is 0 Å². The number of nitrogens with one attached hydrogen (secondary N) is 1. The van der Waals surface area contributed by atoms with Crippen molar-refractivity contribution < 1.29 is 9.53 Å². The molecule has 1 aromatic heterocycles. The van der Waals surface area contributed by atoms with Gasteiger partial charge in [0.15, 0.2) is 0 Å². The predicted molar refractivity (Wildman–Crippen MR) is 89.3 cm³/mol. The van der Waals surface area contributed by atoms with Crippen molar-refractivity contribution in [2.24, 2.45) is 0 Å². The summed E-state index contributed by atoms with van der Waals surface area (Å²) in [5.41, 5.74) is 0.397. The summed E-state index contributed by atoms with van der Waals surface area (Å²) >= 11 is 0. The Morgan fingerprint density at radius 3 is 2.78 bits per heavy atom. The van der Waals surface area contributed by atoms with E-state index in [1.807, 2.05) is 11.0 Å². The molecular formula is C18H27N3O2. The van der Waals surface area contributed by atoms with Gasteiger partial charge in [0.25, 0.3) is 5.91 Å². The van der Waals surface area contributed by atoms with Gasteiger partial charge in [-0.2, -0.15) is 0 Å². The Morgan fingerprint density at radius 1 is 1.39 bits per heavy atom. The van der Waals surface area contributed by atoms with Crippen LogP contribution in [0.4, 0.5) is 0 Å². The first-order valence-electron chi connectivity index (χ1n) is 8.42. The number of carbonyl (C=O) groups is 1. The van der Waals surface area contributed by atoms with E-state index >= 15 is 0 Å². The van der Waals surface area contributed by atoms with Gasteiger partial charge in [0.05, 0.1) is 16.8 Å². The van der Waals surface area contributed by atoms with Gasteiger partial charge in [-0.05, 0) is 52.7 Å². The summed E-state index contributed by atoms with van der Waals surface area (Å²) in [6, 6.07) is 4.28. The summed E-state index contributed by atoms with van der Waals surface area (Å²) in [5, 5.41) is 3.73. The van der Waals surface area contributed by atoms with Crippen molar-refractivity contribution in [2.45, 2.75) is 63.8 Å². The minimum atomic E-state index is -0.176. The van der Waals surface area contributed by atoms with Crippen molar-refractivity contribution >= 4 is 5.91 Å². The number of aromatic nitrogens is 1. The number of hydrogen-bond donors (Lipinski definition) is 1. The summed E-state index contributed by atoms with van der Waals surface area (Å²) in [4.78, 5) is 18.4. The van der Waals surface area contributed by atoms with Crippen LogP contribution in [-0.4, -0.2) is 52.2 Å². The van der Waals surface area contributed by atoms with Crippen LogP contribution in [0, 0.1) is 0 Å². The van der Waals surface area contributed by atoms with E-state index in [0.29, 0.717) is 17.6 Å². The number of amides is 1. The molecule has 0 aliphatic carbocycles. The van der Waals surface area contributed by atoms with Crippen LogP contribution in [0.3, 0.4) is 0 Å². The smallest absolute Gasteiger partial charge is 0.255 e. The summed E-state index contributed by atoms with van der Waals surface area (Å²) in [5.74, 6) is 0.0738. The maximum absolute atomic E-state index is 12.5.